The van der Waals surface area contributed by atoms with Crippen molar-refractivity contribution in [3.05, 3.63) is 16.4 Å². The quantitative estimate of drug-likeness (QED) is 0.737. The van der Waals surface area contributed by atoms with Gasteiger partial charge < -0.3 is 4.74 Å². The van der Waals surface area contributed by atoms with Gasteiger partial charge in [-0.2, -0.15) is 0 Å². The Morgan fingerprint density at radius 3 is 2.69 bits per heavy atom. The van der Waals surface area contributed by atoms with Crippen molar-refractivity contribution in [3.63, 3.8) is 0 Å². The first-order valence-corrected chi connectivity index (χ1v) is 4.38. The minimum Gasteiger partial charge on any atom is -0.370 e. The highest BCUT2D eigenvalue weighted by Gasteiger charge is 2.39. The molecule has 1 aromatic rings. The van der Waals surface area contributed by atoms with Crippen LogP contribution in [0.5, 0.6) is 0 Å². The highest BCUT2D eigenvalue weighted by atomic mass is 16.5. The fourth-order valence-electron chi connectivity index (χ4n) is 1.91. The van der Waals surface area contributed by atoms with Crippen LogP contribution in [0.4, 0.5) is 0 Å². The molecule has 0 radical (unpaired) electrons. The van der Waals surface area contributed by atoms with Gasteiger partial charge in [-0.1, -0.05) is 5.16 Å². The zero-order valence-corrected chi connectivity index (χ0v) is 7.50. The van der Waals surface area contributed by atoms with Gasteiger partial charge in [-0.05, 0) is 25.7 Å². The highest BCUT2D eigenvalue weighted by Crippen LogP contribution is 2.39. The molecule has 1 heterocycles. The number of nitrogens with zero attached hydrogens (tertiary/aromatic N) is 1. The lowest BCUT2D eigenvalue weighted by molar-refractivity contribution is -0.0178. The summed E-state index contributed by atoms with van der Waals surface area (Å²) in [5.74, 6) is 0.0100. The predicted octanol–water partition coefficient (Wildman–Crippen LogP) is 0.779. The van der Waals surface area contributed by atoms with Crippen molar-refractivity contribution in [2.24, 2.45) is 0 Å². The lowest BCUT2D eigenvalue weighted by Gasteiger charge is -2.23. The van der Waals surface area contributed by atoms with Gasteiger partial charge in [0.2, 0.25) is 0 Å². The van der Waals surface area contributed by atoms with E-state index >= 15 is 0 Å². The molecule has 1 saturated carbocycles. The van der Waals surface area contributed by atoms with Gasteiger partial charge in [0.25, 0.3) is 0 Å². The molecule has 72 valence electrons. The number of H-pyrrole nitrogens is 1. The van der Waals surface area contributed by atoms with Gasteiger partial charge in [-0.25, -0.2) is 4.79 Å². The molecule has 0 saturated heterocycles. The second-order valence-corrected chi connectivity index (χ2v) is 3.35. The molecule has 1 aromatic heterocycles. The summed E-state index contributed by atoms with van der Waals surface area (Å²) in [7, 11) is 1.64. The number of methoxy groups -OCH3 is 1. The van der Waals surface area contributed by atoms with Crippen molar-refractivity contribution in [1.29, 1.82) is 0 Å². The predicted molar refractivity (Wildman–Crippen MR) is 44.3 cm³/mol. The van der Waals surface area contributed by atoms with Crippen LogP contribution in [0.3, 0.4) is 0 Å². The van der Waals surface area contributed by atoms with Crippen molar-refractivity contribution < 1.29 is 9.26 Å². The molecule has 0 spiro atoms. The van der Waals surface area contributed by atoms with E-state index in [1.807, 2.05) is 0 Å². The first-order valence-electron chi connectivity index (χ1n) is 4.38. The summed E-state index contributed by atoms with van der Waals surface area (Å²) in [5, 5.41) is 3.67. The fourth-order valence-corrected chi connectivity index (χ4v) is 1.91. The van der Waals surface area contributed by atoms with E-state index in [0.29, 0.717) is 5.82 Å². The molecule has 1 N–H and O–H groups in total. The molecule has 0 bridgehead atoms. The van der Waals surface area contributed by atoms with Crippen molar-refractivity contribution in [3.8, 4) is 0 Å². The molecular weight excluding hydrogens is 172 g/mol. The normalized spacial score (nSPS) is 20.7. The highest BCUT2D eigenvalue weighted by molar-refractivity contribution is 5.02. The zero-order chi connectivity index (χ0) is 9.31. The Hall–Kier alpha value is -1.10. The summed E-state index contributed by atoms with van der Waals surface area (Å²) in [6, 6.07) is 0. The second-order valence-electron chi connectivity index (χ2n) is 3.35. The molecule has 13 heavy (non-hydrogen) atoms. The largest absolute Gasteiger partial charge is 0.439 e. The van der Waals surface area contributed by atoms with Crippen LogP contribution in [0.1, 0.15) is 31.5 Å². The lowest BCUT2D eigenvalue weighted by atomic mass is 10.0. The SMILES string of the molecule is COC1(c2noc(=O)[nH]2)CCCC1. The molecule has 0 aliphatic heterocycles. The van der Waals surface area contributed by atoms with Gasteiger partial charge in [0.15, 0.2) is 5.82 Å². The van der Waals surface area contributed by atoms with E-state index in [2.05, 4.69) is 14.7 Å². The number of rotatable bonds is 2. The van der Waals surface area contributed by atoms with Crippen LogP contribution in [0.15, 0.2) is 9.32 Å². The monoisotopic (exact) mass is 184 g/mol. The molecule has 0 unspecified atom stereocenters. The van der Waals surface area contributed by atoms with Crippen molar-refractivity contribution >= 4 is 0 Å². The molecule has 2 rings (SSSR count). The fraction of sp³-hybridized carbons (Fsp3) is 0.750. The number of aromatic amines is 1. The second kappa shape index (κ2) is 2.99. The van der Waals surface area contributed by atoms with E-state index in [0.717, 1.165) is 25.7 Å². The maximum Gasteiger partial charge on any atom is 0.439 e. The molecule has 0 aromatic carbocycles. The number of ether oxygens (including phenoxy) is 1. The molecule has 1 aliphatic rings. The Balaban J connectivity index is 2.35. The molecule has 5 heteroatoms. The van der Waals surface area contributed by atoms with E-state index in [1.54, 1.807) is 7.11 Å². The minimum absolute atomic E-state index is 0.411. The van der Waals surface area contributed by atoms with E-state index in [1.165, 1.54) is 0 Å². The third kappa shape index (κ3) is 1.29. The van der Waals surface area contributed by atoms with E-state index in [4.69, 9.17) is 4.74 Å². The smallest absolute Gasteiger partial charge is 0.370 e. The summed E-state index contributed by atoms with van der Waals surface area (Å²) in [6.45, 7) is 0. The topological polar surface area (TPSA) is 68.1 Å². The van der Waals surface area contributed by atoms with E-state index < -0.39 is 11.4 Å². The zero-order valence-electron chi connectivity index (χ0n) is 7.50. The van der Waals surface area contributed by atoms with Gasteiger partial charge in [0, 0.05) is 7.11 Å². The lowest BCUT2D eigenvalue weighted by Crippen LogP contribution is -2.26. The number of hydrogen-bond acceptors (Lipinski definition) is 4. The maximum absolute atomic E-state index is 10.8. The van der Waals surface area contributed by atoms with Crippen LogP contribution in [0.2, 0.25) is 0 Å². The molecule has 1 fully saturated rings. The van der Waals surface area contributed by atoms with Gasteiger partial charge in [-0.15, -0.1) is 0 Å². The Bertz CT molecular complexity index is 335. The standard InChI is InChI=1S/C8H12N2O3/c1-12-8(4-2-3-5-8)6-9-7(11)13-10-6/h2-5H2,1H3,(H,9,10,11). The van der Waals surface area contributed by atoms with E-state index in [-0.39, 0.29) is 0 Å². The summed E-state index contributed by atoms with van der Waals surface area (Å²) in [6.07, 6.45) is 3.99. The Morgan fingerprint density at radius 2 is 2.23 bits per heavy atom. The first kappa shape index (κ1) is 8.50. The third-order valence-electron chi connectivity index (χ3n) is 2.67. The van der Waals surface area contributed by atoms with Gasteiger partial charge in [-0.3, -0.25) is 9.51 Å². The van der Waals surface area contributed by atoms with Gasteiger partial charge in [0.1, 0.15) is 5.60 Å². The average Bonchev–Trinajstić information content (AvgIpc) is 2.73. The number of hydrogen-bond donors (Lipinski definition) is 1. The van der Waals surface area contributed by atoms with Crippen LogP contribution in [-0.4, -0.2) is 17.3 Å². The molecule has 5 nitrogen and oxygen atoms in total. The molecule has 0 amide bonds. The van der Waals surface area contributed by atoms with Crippen LogP contribution < -0.4 is 5.76 Å². The van der Waals surface area contributed by atoms with Crippen molar-refractivity contribution in [1.82, 2.24) is 10.1 Å². The minimum atomic E-state index is -0.515. The molecule has 0 atom stereocenters. The Labute approximate surface area is 75.1 Å². The summed E-state index contributed by atoms with van der Waals surface area (Å²) in [4.78, 5) is 13.3. The van der Waals surface area contributed by atoms with Crippen LogP contribution in [-0.2, 0) is 10.3 Å². The first-order chi connectivity index (χ1) is 6.27. The summed E-state index contributed by atoms with van der Waals surface area (Å²) >= 11 is 0. The van der Waals surface area contributed by atoms with Crippen molar-refractivity contribution in [2.45, 2.75) is 31.3 Å². The van der Waals surface area contributed by atoms with Crippen molar-refractivity contribution in [2.75, 3.05) is 7.11 Å². The van der Waals surface area contributed by atoms with E-state index in [9.17, 15) is 4.79 Å². The van der Waals surface area contributed by atoms with Gasteiger partial charge in [0.05, 0.1) is 0 Å². The third-order valence-corrected chi connectivity index (χ3v) is 2.67. The van der Waals surface area contributed by atoms with Crippen LogP contribution in [0.25, 0.3) is 0 Å². The molecular formula is C8H12N2O3. The maximum atomic E-state index is 10.8. The number of nitrogens with one attached hydrogen (secondary N) is 1. The average molecular weight is 184 g/mol. The van der Waals surface area contributed by atoms with Crippen LogP contribution >= 0.6 is 0 Å². The van der Waals surface area contributed by atoms with Crippen LogP contribution in [0, 0.1) is 0 Å². The Morgan fingerprint density at radius 1 is 1.54 bits per heavy atom. The summed E-state index contributed by atoms with van der Waals surface area (Å²) < 4.78 is 9.87. The molecule has 1 aliphatic carbocycles. The summed E-state index contributed by atoms with van der Waals surface area (Å²) in [5.41, 5.74) is -0.411. The number of aromatic nitrogens is 2. The van der Waals surface area contributed by atoms with Gasteiger partial charge >= 0.3 is 5.76 Å². The Kier molecular flexibility index (Phi) is 1.95.